The van der Waals surface area contributed by atoms with E-state index >= 15 is 0 Å². The molecule has 1 saturated heterocycles. The quantitative estimate of drug-likeness (QED) is 0.361. The van der Waals surface area contributed by atoms with Crippen molar-refractivity contribution in [3.8, 4) is 0 Å². The Labute approximate surface area is 202 Å². The van der Waals surface area contributed by atoms with Crippen LogP contribution in [0.15, 0.2) is 29.2 Å². The van der Waals surface area contributed by atoms with E-state index in [9.17, 15) is 24.0 Å². The van der Waals surface area contributed by atoms with E-state index in [0.29, 0.717) is 29.9 Å². The number of aldehydes is 1. The molecule has 0 aromatic heterocycles. The van der Waals surface area contributed by atoms with Crippen molar-refractivity contribution in [1.29, 1.82) is 0 Å². The topological polar surface area (TPSA) is 133 Å². The van der Waals surface area contributed by atoms with Gasteiger partial charge in [-0.1, -0.05) is 38.1 Å². The first-order valence-electron chi connectivity index (χ1n) is 11.3. The van der Waals surface area contributed by atoms with Crippen LogP contribution in [-0.2, 0) is 29.7 Å². The van der Waals surface area contributed by atoms with Gasteiger partial charge < -0.3 is 26.1 Å². The van der Waals surface area contributed by atoms with Crippen LogP contribution in [0, 0.1) is 11.8 Å². The summed E-state index contributed by atoms with van der Waals surface area (Å²) in [6.07, 6.45) is 3.24. The highest BCUT2D eigenvalue weighted by molar-refractivity contribution is 8.03. The van der Waals surface area contributed by atoms with Gasteiger partial charge in [0, 0.05) is 18.2 Å². The van der Waals surface area contributed by atoms with Crippen molar-refractivity contribution in [3.05, 3.63) is 40.3 Å². The lowest BCUT2D eigenvalue weighted by Crippen LogP contribution is -2.52. The second-order valence-corrected chi connectivity index (χ2v) is 9.75. The second kappa shape index (κ2) is 11.8. The highest BCUT2D eigenvalue weighted by Gasteiger charge is 2.29. The number of carbonyl (C=O) groups excluding carboxylic acids is 5. The third-order valence-corrected chi connectivity index (χ3v) is 6.89. The van der Waals surface area contributed by atoms with E-state index in [1.54, 1.807) is 13.8 Å². The summed E-state index contributed by atoms with van der Waals surface area (Å²) in [5.74, 6) is -1.35. The highest BCUT2D eigenvalue weighted by Crippen LogP contribution is 2.31. The number of hydrogen-bond donors (Lipinski definition) is 4. The van der Waals surface area contributed by atoms with Crippen LogP contribution in [0.2, 0.25) is 0 Å². The molecule has 1 aromatic carbocycles. The number of nitrogens with one attached hydrogen (secondary N) is 4. The number of amides is 4. The second-order valence-electron chi connectivity index (χ2n) is 8.73. The Hall–Kier alpha value is -3.14. The molecular weight excluding hydrogens is 456 g/mol. The van der Waals surface area contributed by atoms with Crippen LogP contribution in [0.4, 0.5) is 0 Å². The van der Waals surface area contributed by atoms with Gasteiger partial charge in [0.2, 0.25) is 17.7 Å². The molecule has 0 aliphatic carbocycles. The van der Waals surface area contributed by atoms with Gasteiger partial charge in [-0.2, -0.15) is 0 Å². The first-order valence-corrected chi connectivity index (χ1v) is 12.3. The molecule has 0 saturated carbocycles. The van der Waals surface area contributed by atoms with Gasteiger partial charge in [-0.3, -0.25) is 19.2 Å². The first-order chi connectivity index (χ1) is 16.3. The predicted octanol–water partition coefficient (Wildman–Crippen LogP) is 0.741. The number of thioether (sulfide) groups is 1. The predicted molar refractivity (Wildman–Crippen MR) is 129 cm³/mol. The molecule has 2 aliphatic heterocycles. The smallest absolute Gasteiger partial charge is 0.258 e. The highest BCUT2D eigenvalue weighted by atomic mass is 32.2. The van der Waals surface area contributed by atoms with Crippen molar-refractivity contribution in [2.45, 2.75) is 44.5 Å². The minimum atomic E-state index is -0.831. The van der Waals surface area contributed by atoms with Gasteiger partial charge in [-0.25, -0.2) is 0 Å². The third-order valence-electron chi connectivity index (χ3n) is 5.82. The van der Waals surface area contributed by atoms with Crippen LogP contribution < -0.4 is 21.3 Å². The summed E-state index contributed by atoms with van der Waals surface area (Å²) in [6.45, 7) is 3.82. The van der Waals surface area contributed by atoms with Gasteiger partial charge in [-0.15, -0.1) is 11.8 Å². The van der Waals surface area contributed by atoms with Crippen molar-refractivity contribution in [3.63, 3.8) is 0 Å². The number of carbonyl (C=O) groups is 5. The SMILES string of the molecule is CC(C)C(NC(=O)C1=Cc2ccccc2CS1)C(=O)NCC(=O)NC(C=O)CC1CCNC1=O. The standard InChI is InChI=1S/C24H30N4O5S/c1-14(2)21(28-23(32)19-10-15-5-3-4-6-17(15)13-34-19)24(33)26-11-20(30)27-18(12-29)9-16-7-8-25-22(16)31/h3-6,10,12,14,16,18,21H,7-9,11,13H2,1-2H3,(H,25,31)(H,26,33)(H,27,30)(H,28,32). The van der Waals surface area contributed by atoms with Crippen molar-refractivity contribution in [1.82, 2.24) is 21.3 Å². The molecule has 1 fully saturated rings. The fraction of sp³-hybridized carbons (Fsp3) is 0.458. The molecule has 2 aliphatic rings. The number of fused-ring (bicyclic) bond motifs is 1. The van der Waals surface area contributed by atoms with Crippen molar-refractivity contribution in [2.75, 3.05) is 13.1 Å². The van der Waals surface area contributed by atoms with E-state index < -0.39 is 23.9 Å². The Morgan fingerprint density at radius 2 is 1.97 bits per heavy atom. The first kappa shape index (κ1) is 25.5. The summed E-state index contributed by atoms with van der Waals surface area (Å²) in [5.41, 5.74) is 2.13. The molecule has 10 heteroatoms. The Morgan fingerprint density at radius 1 is 1.21 bits per heavy atom. The zero-order valence-electron chi connectivity index (χ0n) is 19.3. The lowest BCUT2D eigenvalue weighted by molar-refractivity contribution is -0.130. The Kier molecular flexibility index (Phi) is 8.86. The zero-order chi connectivity index (χ0) is 24.7. The van der Waals surface area contributed by atoms with Crippen LogP contribution in [0.5, 0.6) is 0 Å². The van der Waals surface area contributed by atoms with Crippen molar-refractivity contribution >= 4 is 47.8 Å². The normalized spacial score (nSPS) is 18.7. The van der Waals surface area contributed by atoms with Gasteiger partial charge in [0.05, 0.1) is 17.5 Å². The van der Waals surface area contributed by atoms with E-state index in [0.717, 1.165) is 11.1 Å². The summed E-state index contributed by atoms with van der Waals surface area (Å²) >= 11 is 1.41. The lowest BCUT2D eigenvalue weighted by Gasteiger charge is -2.23. The van der Waals surface area contributed by atoms with Crippen LogP contribution >= 0.6 is 11.8 Å². The largest absolute Gasteiger partial charge is 0.356 e. The monoisotopic (exact) mass is 486 g/mol. The molecule has 182 valence electrons. The maximum atomic E-state index is 12.8. The third kappa shape index (κ3) is 6.69. The molecule has 3 rings (SSSR count). The van der Waals surface area contributed by atoms with Gasteiger partial charge >= 0.3 is 0 Å². The number of rotatable bonds is 10. The fourth-order valence-corrected chi connectivity index (χ4v) is 4.86. The number of benzene rings is 1. The molecule has 34 heavy (non-hydrogen) atoms. The molecule has 0 bridgehead atoms. The van der Waals surface area contributed by atoms with Crippen molar-refractivity contribution < 1.29 is 24.0 Å². The van der Waals surface area contributed by atoms with Crippen molar-refractivity contribution in [2.24, 2.45) is 11.8 Å². The van der Waals surface area contributed by atoms with E-state index in [-0.39, 0.29) is 36.6 Å². The fourth-order valence-electron chi connectivity index (χ4n) is 3.88. The molecule has 2 heterocycles. The molecule has 3 atom stereocenters. The lowest BCUT2D eigenvalue weighted by atomic mass is 9.99. The van der Waals surface area contributed by atoms with Crippen LogP contribution in [0.3, 0.4) is 0 Å². The zero-order valence-corrected chi connectivity index (χ0v) is 20.1. The van der Waals surface area contributed by atoms with E-state index in [1.807, 2.05) is 30.3 Å². The van der Waals surface area contributed by atoms with E-state index in [2.05, 4.69) is 21.3 Å². The minimum Gasteiger partial charge on any atom is -0.356 e. The summed E-state index contributed by atoms with van der Waals surface area (Å²) in [6, 6.07) is 6.18. The van der Waals surface area contributed by atoms with Gasteiger partial charge in [-0.05, 0) is 36.0 Å². The number of hydrogen-bond acceptors (Lipinski definition) is 6. The molecule has 4 amide bonds. The molecule has 9 nitrogen and oxygen atoms in total. The summed E-state index contributed by atoms with van der Waals surface area (Å²) in [7, 11) is 0. The maximum absolute atomic E-state index is 12.8. The average molecular weight is 487 g/mol. The Balaban J connectivity index is 1.52. The van der Waals surface area contributed by atoms with Gasteiger partial charge in [0.15, 0.2) is 0 Å². The molecular formula is C24H30N4O5S. The van der Waals surface area contributed by atoms with Crippen LogP contribution in [0.1, 0.15) is 37.8 Å². The minimum absolute atomic E-state index is 0.125. The Bertz CT molecular complexity index is 993. The summed E-state index contributed by atoms with van der Waals surface area (Å²) in [4.78, 5) is 61.4. The van der Waals surface area contributed by atoms with Gasteiger partial charge in [0.25, 0.3) is 5.91 Å². The maximum Gasteiger partial charge on any atom is 0.258 e. The molecule has 0 radical (unpaired) electrons. The molecule has 4 N–H and O–H groups in total. The average Bonchev–Trinajstić information content (AvgIpc) is 3.23. The molecule has 0 spiro atoms. The van der Waals surface area contributed by atoms with E-state index in [1.165, 1.54) is 11.8 Å². The van der Waals surface area contributed by atoms with Gasteiger partial charge in [0.1, 0.15) is 12.3 Å². The molecule has 3 unspecified atom stereocenters. The van der Waals surface area contributed by atoms with Crippen LogP contribution in [0.25, 0.3) is 6.08 Å². The van der Waals surface area contributed by atoms with Crippen LogP contribution in [-0.4, -0.2) is 55.1 Å². The Morgan fingerprint density at radius 3 is 2.65 bits per heavy atom. The molecule has 1 aromatic rings. The summed E-state index contributed by atoms with van der Waals surface area (Å²) in [5, 5.41) is 10.5. The summed E-state index contributed by atoms with van der Waals surface area (Å²) < 4.78 is 0. The van der Waals surface area contributed by atoms with E-state index in [4.69, 9.17) is 0 Å².